The largest absolute Gasteiger partial charge is 0.388 e. The molecule has 1 aliphatic rings. The lowest BCUT2D eigenvalue weighted by atomic mass is 10.2. The summed E-state index contributed by atoms with van der Waals surface area (Å²) in [5, 5.41) is 18.6. The molecule has 0 saturated carbocycles. The van der Waals surface area contributed by atoms with E-state index < -0.39 is 35.5 Å². The predicted octanol–water partition coefficient (Wildman–Crippen LogP) is -2.07. The molecule has 0 aromatic carbocycles. The lowest BCUT2D eigenvalue weighted by Crippen LogP contribution is -2.38. The number of halogens is 1. The van der Waals surface area contributed by atoms with Gasteiger partial charge in [0, 0.05) is 0 Å². The van der Waals surface area contributed by atoms with Crippen molar-refractivity contribution in [3.8, 4) is 0 Å². The third kappa shape index (κ3) is 1.66. The van der Waals surface area contributed by atoms with Crippen LogP contribution in [-0.2, 0) is 4.74 Å². The summed E-state index contributed by atoms with van der Waals surface area (Å²) in [5.41, 5.74) is -2.06. The van der Waals surface area contributed by atoms with E-state index in [1.165, 1.54) is 0 Å². The van der Waals surface area contributed by atoms with Gasteiger partial charge in [-0.3, -0.25) is 14.3 Å². The summed E-state index contributed by atoms with van der Waals surface area (Å²) in [6, 6.07) is 0. The maximum atomic E-state index is 12.9. The topological polar surface area (TPSA) is 105 Å². The first-order valence-electron chi connectivity index (χ1n) is 4.49. The van der Waals surface area contributed by atoms with E-state index in [-0.39, 0.29) is 6.61 Å². The van der Waals surface area contributed by atoms with Crippen molar-refractivity contribution in [2.75, 3.05) is 6.61 Å². The average molecular weight is 232 g/mol. The van der Waals surface area contributed by atoms with Gasteiger partial charge in [0.25, 0.3) is 5.56 Å². The average Bonchev–Trinajstić information content (AvgIpc) is 2.54. The van der Waals surface area contributed by atoms with Gasteiger partial charge in [0.1, 0.15) is 12.2 Å². The molecule has 1 aliphatic heterocycles. The lowest BCUT2D eigenvalue weighted by Gasteiger charge is -2.16. The Hall–Kier alpha value is -1.51. The molecule has 0 bridgehead atoms. The van der Waals surface area contributed by atoms with Gasteiger partial charge in [-0.15, -0.1) is 0 Å². The second-order valence-corrected chi connectivity index (χ2v) is 3.43. The fraction of sp³-hybridized carbons (Fsp3) is 0.500. The zero-order chi connectivity index (χ0) is 11.9. The Morgan fingerprint density at radius 3 is 2.75 bits per heavy atom. The molecule has 0 amide bonds. The highest BCUT2D eigenvalue weighted by atomic mass is 19.1. The number of aromatic nitrogens is 2. The summed E-state index contributed by atoms with van der Waals surface area (Å²) in [6.45, 7) is -0.168. The number of aliphatic hydroxyl groups is 2. The number of aromatic amines is 1. The molecule has 3 N–H and O–H groups in total. The van der Waals surface area contributed by atoms with E-state index >= 15 is 0 Å². The van der Waals surface area contributed by atoms with Crippen LogP contribution >= 0.6 is 0 Å². The van der Waals surface area contributed by atoms with Crippen molar-refractivity contribution < 1.29 is 19.3 Å². The Kier molecular flexibility index (Phi) is 2.62. The number of H-pyrrole nitrogens is 1. The van der Waals surface area contributed by atoms with Crippen molar-refractivity contribution >= 4 is 0 Å². The highest BCUT2D eigenvalue weighted by molar-refractivity contribution is 4.91. The number of rotatable bonds is 1. The van der Waals surface area contributed by atoms with Crippen molar-refractivity contribution in [1.29, 1.82) is 0 Å². The summed E-state index contributed by atoms with van der Waals surface area (Å²) in [7, 11) is 0. The zero-order valence-electron chi connectivity index (χ0n) is 7.96. The van der Waals surface area contributed by atoms with E-state index in [1.54, 1.807) is 4.98 Å². The predicted molar refractivity (Wildman–Crippen MR) is 48.3 cm³/mol. The maximum Gasteiger partial charge on any atom is 0.330 e. The second-order valence-electron chi connectivity index (χ2n) is 3.43. The fourth-order valence-electron chi connectivity index (χ4n) is 1.48. The van der Waals surface area contributed by atoms with Crippen LogP contribution < -0.4 is 11.2 Å². The normalized spacial score (nSPS) is 29.6. The fourth-order valence-corrected chi connectivity index (χ4v) is 1.48. The van der Waals surface area contributed by atoms with Crippen molar-refractivity contribution in [2.24, 2.45) is 0 Å². The first-order chi connectivity index (χ1) is 7.50. The molecular formula is C8H9FN2O5. The van der Waals surface area contributed by atoms with Crippen molar-refractivity contribution in [3.63, 3.8) is 0 Å². The molecule has 1 aromatic rings. The van der Waals surface area contributed by atoms with Crippen LogP contribution in [0.25, 0.3) is 0 Å². The monoisotopic (exact) mass is 232 g/mol. The third-order valence-corrected chi connectivity index (χ3v) is 2.32. The van der Waals surface area contributed by atoms with E-state index in [0.29, 0.717) is 10.8 Å². The summed E-state index contributed by atoms with van der Waals surface area (Å²) >= 11 is 0. The Labute approximate surface area is 87.7 Å². The first-order valence-corrected chi connectivity index (χ1v) is 4.49. The smallest absolute Gasteiger partial charge is 0.330 e. The van der Waals surface area contributed by atoms with E-state index in [1.807, 2.05) is 0 Å². The molecule has 2 heterocycles. The maximum absolute atomic E-state index is 12.9. The lowest BCUT2D eigenvalue weighted by molar-refractivity contribution is -0.0218. The van der Waals surface area contributed by atoms with Crippen molar-refractivity contribution in [3.05, 3.63) is 32.9 Å². The molecule has 16 heavy (non-hydrogen) atoms. The summed E-state index contributed by atoms with van der Waals surface area (Å²) < 4.78 is 18.5. The first kappa shape index (κ1) is 11.0. The van der Waals surface area contributed by atoms with Crippen LogP contribution in [0.15, 0.2) is 15.8 Å². The number of ether oxygens (including phenoxy) is 1. The van der Waals surface area contributed by atoms with E-state index in [4.69, 9.17) is 4.74 Å². The summed E-state index contributed by atoms with van der Waals surface area (Å²) in [4.78, 5) is 23.8. The minimum absolute atomic E-state index is 0.168. The SMILES string of the molecule is O=c1[nH]c(=O)n([C@@H]2OCC(O)C2O)cc1F. The Morgan fingerprint density at radius 2 is 2.19 bits per heavy atom. The molecule has 8 heteroatoms. The van der Waals surface area contributed by atoms with Gasteiger partial charge >= 0.3 is 5.69 Å². The number of nitrogens with one attached hydrogen (secondary N) is 1. The Morgan fingerprint density at radius 1 is 1.50 bits per heavy atom. The molecule has 7 nitrogen and oxygen atoms in total. The quantitative estimate of drug-likeness (QED) is 0.515. The minimum Gasteiger partial charge on any atom is -0.388 e. The Bertz CT molecular complexity index is 510. The molecule has 0 radical (unpaired) electrons. The van der Waals surface area contributed by atoms with Crippen LogP contribution in [-0.4, -0.2) is 38.6 Å². The van der Waals surface area contributed by atoms with Gasteiger partial charge < -0.3 is 14.9 Å². The number of aliphatic hydroxyl groups excluding tert-OH is 2. The van der Waals surface area contributed by atoms with Gasteiger partial charge in [-0.2, -0.15) is 4.39 Å². The number of hydrogen-bond donors (Lipinski definition) is 3. The van der Waals surface area contributed by atoms with Gasteiger partial charge in [0.05, 0.1) is 12.8 Å². The van der Waals surface area contributed by atoms with Gasteiger partial charge in [-0.1, -0.05) is 0 Å². The summed E-state index contributed by atoms with van der Waals surface area (Å²) in [6.07, 6.45) is -3.06. The number of nitrogens with zero attached hydrogens (tertiary/aromatic N) is 1. The third-order valence-electron chi connectivity index (χ3n) is 2.32. The molecule has 2 rings (SSSR count). The van der Waals surface area contributed by atoms with Crippen LogP contribution in [0.1, 0.15) is 6.23 Å². The van der Waals surface area contributed by atoms with E-state index in [0.717, 1.165) is 0 Å². The second kappa shape index (κ2) is 3.81. The molecule has 2 unspecified atom stereocenters. The summed E-state index contributed by atoms with van der Waals surface area (Å²) in [5.74, 6) is -1.17. The standard InChI is InChI=1S/C8H9FN2O5/c9-3-1-11(8(15)10-6(3)14)7-5(13)4(12)2-16-7/h1,4-5,7,12-13H,2H2,(H,10,14,15)/t4?,5?,7-/m1/s1. The molecule has 1 fully saturated rings. The van der Waals surface area contributed by atoms with Crippen LogP contribution in [0.5, 0.6) is 0 Å². The number of hydrogen-bond acceptors (Lipinski definition) is 5. The molecule has 1 aromatic heterocycles. The van der Waals surface area contributed by atoms with Gasteiger partial charge in [-0.05, 0) is 0 Å². The minimum atomic E-state index is -1.34. The molecule has 0 aliphatic carbocycles. The molecule has 3 atom stereocenters. The van der Waals surface area contributed by atoms with Gasteiger partial charge in [-0.25, -0.2) is 4.79 Å². The van der Waals surface area contributed by atoms with Crippen molar-refractivity contribution in [2.45, 2.75) is 18.4 Å². The van der Waals surface area contributed by atoms with Gasteiger partial charge in [0.2, 0.25) is 5.82 Å². The van der Waals surface area contributed by atoms with Crippen LogP contribution in [0.2, 0.25) is 0 Å². The zero-order valence-corrected chi connectivity index (χ0v) is 7.96. The van der Waals surface area contributed by atoms with E-state index in [9.17, 15) is 24.2 Å². The van der Waals surface area contributed by atoms with Crippen LogP contribution in [0.3, 0.4) is 0 Å². The Balaban J connectivity index is 2.45. The van der Waals surface area contributed by atoms with E-state index in [2.05, 4.69) is 0 Å². The van der Waals surface area contributed by atoms with Crippen LogP contribution in [0, 0.1) is 5.82 Å². The molecule has 1 saturated heterocycles. The molecule has 0 spiro atoms. The molecular weight excluding hydrogens is 223 g/mol. The highest BCUT2D eigenvalue weighted by Gasteiger charge is 2.36. The highest BCUT2D eigenvalue weighted by Crippen LogP contribution is 2.22. The van der Waals surface area contributed by atoms with Crippen LogP contribution in [0.4, 0.5) is 4.39 Å². The van der Waals surface area contributed by atoms with Crippen molar-refractivity contribution in [1.82, 2.24) is 9.55 Å². The molecule has 88 valence electrons. The van der Waals surface area contributed by atoms with Gasteiger partial charge in [0.15, 0.2) is 6.23 Å².